The van der Waals surface area contributed by atoms with Crippen molar-refractivity contribution in [2.24, 2.45) is 5.92 Å². The molecule has 0 atom stereocenters. The molecular formula is C9H15BrN4. The van der Waals surface area contributed by atoms with Crippen molar-refractivity contribution in [2.45, 2.75) is 13.8 Å². The van der Waals surface area contributed by atoms with Crippen molar-refractivity contribution in [1.82, 2.24) is 9.97 Å². The molecule has 0 aliphatic heterocycles. The first-order valence-electron chi connectivity index (χ1n) is 4.57. The highest BCUT2D eigenvalue weighted by Crippen LogP contribution is 2.19. The van der Waals surface area contributed by atoms with Crippen LogP contribution >= 0.6 is 15.9 Å². The minimum atomic E-state index is 0.584. The number of aromatic nitrogens is 2. The molecule has 0 amide bonds. The second-order valence-corrected chi connectivity index (χ2v) is 4.27. The van der Waals surface area contributed by atoms with E-state index in [0.717, 1.165) is 16.8 Å². The van der Waals surface area contributed by atoms with E-state index in [4.69, 9.17) is 0 Å². The van der Waals surface area contributed by atoms with E-state index < -0.39 is 0 Å². The van der Waals surface area contributed by atoms with Crippen LogP contribution < -0.4 is 10.6 Å². The Kier molecular flexibility index (Phi) is 4.13. The van der Waals surface area contributed by atoms with Gasteiger partial charge in [0.05, 0.1) is 4.47 Å². The first-order chi connectivity index (χ1) is 6.63. The Hall–Kier alpha value is -0.840. The molecule has 0 bridgehead atoms. The first-order valence-corrected chi connectivity index (χ1v) is 5.37. The van der Waals surface area contributed by atoms with Crippen LogP contribution in [0.1, 0.15) is 13.8 Å². The standard InChI is InChI=1S/C9H15BrN4/c1-6(2)4-12-9-13-5-7(10)8(11-3)14-9/h5-6H,4H2,1-3H3,(H2,11,12,13,14). The van der Waals surface area contributed by atoms with Gasteiger partial charge in [-0.2, -0.15) is 4.98 Å². The Morgan fingerprint density at radius 3 is 2.79 bits per heavy atom. The summed E-state index contributed by atoms with van der Waals surface area (Å²) in [6.07, 6.45) is 1.74. The van der Waals surface area contributed by atoms with Gasteiger partial charge in [0.2, 0.25) is 5.95 Å². The van der Waals surface area contributed by atoms with Gasteiger partial charge in [-0.05, 0) is 21.8 Å². The number of hydrogen-bond acceptors (Lipinski definition) is 4. The maximum absolute atomic E-state index is 4.28. The molecule has 78 valence electrons. The zero-order valence-electron chi connectivity index (χ0n) is 8.63. The van der Waals surface area contributed by atoms with E-state index in [9.17, 15) is 0 Å². The summed E-state index contributed by atoms with van der Waals surface area (Å²) >= 11 is 3.36. The van der Waals surface area contributed by atoms with Crippen LogP contribution in [0.25, 0.3) is 0 Å². The van der Waals surface area contributed by atoms with Gasteiger partial charge in [-0.15, -0.1) is 0 Å². The number of rotatable bonds is 4. The molecule has 0 radical (unpaired) electrons. The summed E-state index contributed by atoms with van der Waals surface area (Å²) in [6, 6.07) is 0. The summed E-state index contributed by atoms with van der Waals surface area (Å²) in [6.45, 7) is 5.17. The third-order valence-electron chi connectivity index (χ3n) is 1.65. The zero-order valence-corrected chi connectivity index (χ0v) is 10.2. The maximum atomic E-state index is 4.28. The molecule has 4 nitrogen and oxygen atoms in total. The summed E-state index contributed by atoms with van der Waals surface area (Å²) in [4.78, 5) is 8.43. The Balaban J connectivity index is 2.69. The van der Waals surface area contributed by atoms with Crippen molar-refractivity contribution in [1.29, 1.82) is 0 Å². The van der Waals surface area contributed by atoms with Crippen molar-refractivity contribution in [3.05, 3.63) is 10.7 Å². The maximum Gasteiger partial charge on any atom is 0.224 e. The topological polar surface area (TPSA) is 49.8 Å². The summed E-state index contributed by atoms with van der Waals surface area (Å²) < 4.78 is 0.870. The Bertz CT molecular complexity index is 301. The minimum Gasteiger partial charge on any atom is -0.372 e. The molecule has 0 aliphatic rings. The van der Waals surface area contributed by atoms with Crippen LogP contribution in [0.5, 0.6) is 0 Å². The molecule has 14 heavy (non-hydrogen) atoms. The van der Waals surface area contributed by atoms with Crippen LogP contribution in [0.15, 0.2) is 10.7 Å². The monoisotopic (exact) mass is 258 g/mol. The van der Waals surface area contributed by atoms with Crippen molar-refractivity contribution in [3.63, 3.8) is 0 Å². The summed E-state index contributed by atoms with van der Waals surface area (Å²) in [5.74, 6) is 2.04. The molecule has 0 aliphatic carbocycles. The molecular weight excluding hydrogens is 244 g/mol. The molecule has 0 fully saturated rings. The molecule has 1 heterocycles. The highest BCUT2D eigenvalue weighted by molar-refractivity contribution is 9.10. The van der Waals surface area contributed by atoms with Gasteiger partial charge in [0.1, 0.15) is 5.82 Å². The average Bonchev–Trinajstić information content (AvgIpc) is 2.16. The Morgan fingerprint density at radius 1 is 1.50 bits per heavy atom. The predicted molar refractivity (Wildman–Crippen MR) is 62.6 cm³/mol. The smallest absolute Gasteiger partial charge is 0.224 e. The third-order valence-corrected chi connectivity index (χ3v) is 2.23. The van der Waals surface area contributed by atoms with Crippen molar-refractivity contribution >= 4 is 27.7 Å². The van der Waals surface area contributed by atoms with Gasteiger partial charge >= 0.3 is 0 Å². The van der Waals surface area contributed by atoms with E-state index in [2.05, 4.69) is 50.4 Å². The molecule has 1 aromatic rings. The van der Waals surface area contributed by atoms with Crippen LogP contribution in [0, 0.1) is 5.92 Å². The highest BCUT2D eigenvalue weighted by atomic mass is 79.9. The van der Waals surface area contributed by atoms with Gasteiger partial charge in [0, 0.05) is 19.8 Å². The third kappa shape index (κ3) is 3.14. The van der Waals surface area contributed by atoms with E-state index in [1.54, 1.807) is 6.20 Å². The molecule has 2 N–H and O–H groups in total. The summed E-state index contributed by atoms with van der Waals surface area (Å²) in [5, 5.41) is 6.15. The fraction of sp³-hybridized carbons (Fsp3) is 0.556. The fourth-order valence-corrected chi connectivity index (χ4v) is 1.31. The number of anilines is 2. The molecule has 0 aromatic carbocycles. The van der Waals surface area contributed by atoms with E-state index in [1.165, 1.54) is 0 Å². The average molecular weight is 259 g/mol. The lowest BCUT2D eigenvalue weighted by Gasteiger charge is -2.09. The minimum absolute atomic E-state index is 0.584. The van der Waals surface area contributed by atoms with Gasteiger partial charge in [-0.25, -0.2) is 4.98 Å². The van der Waals surface area contributed by atoms with Gasteiger partial charge in [-0.3, -0.25) is 0 Å². The quantitative estimate of drug-likeness (QED) is 0.871. The van der Waals surface area contributed by atoms with E-state index in [0.29, 0.717) is 11.9 Å². The zero-order chi connectivity index (χ0) is 10.6. The number of halogens is 1. The van der Waals surface area contributed by atoms with Crippen molar-refractivity contribution in [3.8, 4) is 0 Å². The van der Waals surface area contributed by atoms with E-state index in [1.807, 2.05) is 7.05 Å². The van der Waals surface area contributed by atoms with Gasteiger partial charge in [0.15, 0.2) is 0 Å². The molecule has 0 spiro atoms. The molecule has 0 saturated carbocycles. The largest absolute Gasteiger partial charge is 0.372 e. The number of nitrogens with one attached hydrogen (secondary N) is 2. The van der Waals surface area contributed by atoms with Crippen LogP contribution in [-0.2, 0) is 0 Å². The molecule has 5 heteroatoms. The SMILES string of the molecule is CNc1nc(NCC(C)C)ncc1Br. The lowest BCUT2D eigenvalue weighted by molar-refractivity contribution is 0.684. The van der Waals surface area contributed by atoms with Crippen molar-refractivity contribution < 1.29 is 0 Å². The lowest BCUT2D eigenvalue weighted by atomic mass is 10.2. The van der Waals surface area contributed by atoms with E-state index >= 15 is 0 Å². The molecule has 1 rings (SSSR count). The molecule has 0 unspecified atom stereocenters. The van der Waals surface area contributed by atoms with Crippen molar-refractivity contribution in [2.75, 3.05) is 24.2 Å². The fourth-order valence-electron chi connectivity index (χ4n) is 0.923. The number of hydrogen-bond donors (Lipinski definition) is 2. The van der Waals surface area contributed by atoms with Crippen LogP contribution in [0.4, 0.5) is 11.8 Å². The normalized spacial score (nSPS) is 10.4. The lowest BCUT2D eigenvalue weighted by Crippen LogP contribution is -2.11. The predicted octanol–water partition coefficient (Wildman–Crippen LogP) is 2.35. The summed E-state index contributed by atoms with van der Waals surface area (Å²) in [7, 11) is 1.83. The highest BCUT2D eigenvalue weighted by Gasteiger charge is 2.02. The van der Waals surface area contributed by atoms with Gasteiger partial charge < -0.3 is 10.6 Å². The van der Waals surface area contributed by atoms with Crippen LogP contribution in [0.3, 0.4) is 0 Å². The first kappa shape index (κ1) is 11.2. The molecule has 0 saturated heterocycles. The van der Waals surface area contributed by atoms with Gasteiger partial charge in [-0.1, -0.05) is 13.8 Å². The number of nitrogens with zero attached hydrogens (tertiary/aromatic N) is 2. The summed E-state index contributed by atoms with van der Waals surface area (Å²) in [5.41, 5.74) is 0. The second kappa shape index (κ2) is 5.14. The van der Waals surface area contributed by atoms with E-state index in [-0.39, 0.29) is 0 Å². The molecule has 1 aromatic heterocycles. The Morgan fingerprint density at radius 2 is 2.21 bits per heavy atom. The second-order valence-electron chi connectivity index (χ2n) is 3.41. The van der Waals surface area contributed by atoms with Crippen LogP contribution in [-0.4, -0.2) is 23.6 Å². The van der Waals surface area contributed by atoms with Crippen LogP contribution in [0.2, 0.25) is 0 Å². The van der Waals surface area contributed by atoms with Gasteiger partial charge in [0.25, 0.3) is 0 Å². The Labute approximate surface area is 92.7 Å².